The fourth-order valence-corrected chi connectivity index (χ4v) is 0. The summed E-state index contributed by atoms with van der Waals surface area (Å²) in [4.78, 5) is 0. The quantitative estimate of drug-likeness (QED) is 0.495. The molecule has 0 unspecified atom stereocenters. The third-order valence-corrected chi connectivity index (χ3v) is 0. The van der Waals surface area contributed by atoms with Crippen LogP contribution in [0, 0.1) is 0 Å². The van der Waals surface area contributed by atoms with Gasteiger partial charge >= 0.3 is 45.8 Å². The minimum absolute atomic E-state index is 0.801. The zero-order chi connectivity index (χ0) is 4.50. The van der Waals surface area contributed by atoms with Crippen molar-refractivity contribution in [2.75, 3.05) is 0 Å². The Morgan fingerprint density at radius 2 is 1.20 bits per heavy atom. The molecule has 2 heteroatoms. The van der Waals surface area contributed by atoms with Crippen molar-refractivity contribution in [2.45, 2.75) is 19.6 Å². The van der Waals surface area contributed by atoms with Crippen LogP contribution in [0.5, 0.6) is 0 Å². The van der Waals surface area contributed by atoms with Crippen LogP contribution in [0.3, 0.4) is 0 Å². The van der Waals surface area contributed by atoms with Gasteiger partial charge in [0.05, 0.1) is 0 Å². The molecular formula is C3H9AgSi. The van der Waals surface area contributed by atoms with Crippen LogP contribution in [0.1, 0.15) is 0 Å². The predicted molar refractivity (Wildman–Crippen MR) is 23.3 cm³/mol. The summed E-state index contributed by atoms with van der Waals surface area (Å²) in [5.74, 6) is -0.801. The Labute approximate surface area is 46.0 Å². The molecule has 0 rings (SSSR count). The first kappa shape index (κ1) is 5.96. The number of hydrogen-bond acceptors (Lipinski definition) is 0. The molecule has 0 aliphatic heterocycles. The van der Waals surface area contributed by atoms with Crippen LogP contribution < -0.4 is 0 Å². The van der Waals surface area contributed by atoms with Gasteiger partial charge in [-0.2, -0.15) is 0 Å². The number of rotatable bonds is 0. The Balaban J connectivity index is 3.02. The summed E-state index contributed by atoms with van der Waals surface area (Å²) in [6.07, 6.45) is 0. The summed E-state index contributed by atoms with van der Waals surface area (Å²) < 4.78 is 0. The summed E-state index contributed by atoms with van der Waals surface area (Å²) in [5, 5.41) is 0. The molecule has 0 aliphatic rings. The molecule has 0 radical (unpaired) electrons. The summed E-state index contributed by atoms with van der Waals surface area (Å²) >= 11 is 3.53. The monoisotopic (exact) mass is 180 g/mol. The molecule has 0 fully saturated rings. The van der Waals surface area contributed by atoms with Gasteiger partial charge in [-0.15, -0.1) is 0 Å². The molecular weight excluding hydrogens is 172 g/mol. The van der Waals surface area contributed by atoms with Crippen LogP contribution in [0.15, 0.2) is 0 Å². The van der Waals surface area contributed by atoms with Crippen molar-refractivity contribution in [1.29, 1.82) is 0 Å². The standard InChI is InChI=1S/C3H9Si.Ag/c1-4(2)3;/h1-3H3;. The maximum atomic E-state index is 3.53. The van der Waals surface area contributed by atoms with Gasteiger partial charge in [-0.3, -0.25) is 0 Å². The Hall–Kier alpha value is 0.957. The topological polar surface area (TPSA) is 0 Å². The van der Waals surface area contributed by atoms with E-state index in [1.807, 2.05) is 0 Å². The van der Waals surface area contributed by atoms with Crippen LogP contribution in [0.25, 0.3) is 0 Å². The SMILES string of the molecule is C[Si](C)(C)[Ag]. The second kappa shape index (κ2) is 1.60. The second-order valence-electron chi connectivity index (χ2n) is 1.95. The normalized spacial score (nSPS) is 12.2. The van der Waals surface area contributed by atoms with E-state index in [-0.39, 0.29) is 0 Å². The van der Waals surface area contributed by atoms with Crippen LogP contribution in [-0.2, 0) is 20.3 Å². The molecule has 0 spiro atoms. The van der Waals surface area contributed by atoms with Gasteiger partial charge < -0.3 is 0 Å². The van der Waals surface area contributed by atoms with Crippen molar-refractivity contribution in [3.8, 4) is 0 Å². The predicted octanol–water partition coefficient (Wildman–Crippen LogP) is 1.37. The van der Waals surface area contributed by atoms with Crippen LogP contribution in [0.2, 0.25) is 19.6 Å². The average molecular weight is 181 g/mol. The van der Waals surface area contributed by atoms with E-state index >= 15 is 0 Å². The molecule has 0 aromatic rings. The van der Waals surface area contributed by atoms with E-state index < -0.39 is 5.83 Å². The van der Waals surface area contributed by atoms with Crippen molar-refractivity contribution in [1.82, 2.24) is 0 Å². The van der Waals surface area contributed by atoms with E-state index in [9.17, 15) is 0 Å². The molecule has 0 saturated carbocycles. The van der Waals surface area contributed by atoms with Crippen molar-refractivity contribution >= 4 is 5.83 Å². The maximum absolute atomic E-state index is 3.53. The molecule has 0 N–H and O–H groups in total. The Kier molecular flexibility index (Phi) is 1.91. The third-order valence-electron chi connectivity index (χ3n) is 0. The summed E-state index contributed by atoms with van der Waals surface area (Å²) in [7, 11) is 0. The fraction of sp³-hybridized carbons (Fsp3) is 1.00. The van der Waals surface area contributed by atoms with E-state index in [0.29, 0.717) is 0 Å². The molecule has 0 nitrogen and oxygen atoms in total. The van der Waals surface area contributed by atoms with Crippen LogP contribution >= 0.6 is 0 Å². The Morgan fingerprint density at radius 3 is 1.20 bits per heavy atom. The van der Waals surface area contributed by atoms with Gasteiger partial charge in [0, 0.05) is 0 Å². The molecule has 0 heterocycles. The Morgan fingerprint density at radius 1 is 1.20 bits per heavy atom. The molecule has 0 aromatic heterocycles. The molecule has 5 heavy (non-hydrogen) atoms. The summed E-state index contributed by atoms with van der Waals surface area (Å²) in [5.41, 5.74) is 0. The third kappa shape index (κ3) is 47.3. The van der Waals surface area contributed by atoms with Gasteiger partial charge in [-0.25, -0.2) is 0 Å². The second-order valence-corrected chi connectivity index (χ2v) is 12.5. The first-order chi connectivity index (χ1) is 2.00. The molecule has 0 aromatic carbocycles. The van der Waals surface area contributed by atoms with Gasteiger partial charge in [0.1, 0.15) is 0 Å². The first-order valence-electron chi connectivity index (χ1n) is 1.65. The van der Waals surface area contributed by atoms with E-state index in [1.165, 1.54) is 0 Å². The van der Waals surface area contributed by atoms with Crippen molar-refractivity contribution in [2.24, 2.45) is 0 Å². The zero-order valence-corrected chi connectivity index (χ0v) is 6.28. The molecule has 0 amide bonds. The molecule has 0 saturated heterocycles. The molecule has 0 atom stereocenters. The van der Waals surface area contributed by atoms with E-state index in [0.717, 1.165) is 0 Å². The fourth-order valence-electron chi connectivity index (χ4n) is 0. The molecule has 0 aliphatic carbocycles. The van der Waals surface area contributed by atoms with Gasteiger partial charge in [0.15, 0.2) is 0 Å². The van der Waals surface area contributed by atoms with Crippen molar-refractivity contribution < 1.29 is 20.3 Å². The average Bonchev–Trinajstić information content (AvgIpc) is 0.722. The summed E-state index contributed by atoms with van der Waals surface area (Å²) in [6.45, 7) is 6.73. The summed E-state index contributed by atoms with van der Waals surface area (Å²) in [6, 6.07) is 0. The van der Waals surface area contributed by atoms with E-state index in [4.69, 9.17) is 0 Å². The van der Waals surface area contributed by atoms with Gasteiger partial charge in [-0.05, 0) is 0 Å². The van der Waals surface area contributed by atoms with E-state index in [1.54, 1.807) is 0 Å². The van der Waals surface area contributed by atoms with Crippen molar-refractivity contribution in [3.05, 3.63) is 0 Å². The van der Waals surface area contributed by atoms with Gasteiger partial charge in [0.25, 0.3) is 0 Å². The van der Waals surface area contributed by atoms with Crippen LogP contribution in [-0.4, -0.2) is 5.83 Å². The van der Waals surface area contributed by atoms with Gasteiger partial charge in [-0.1, -0.05) is 0 Å². The van der Waals surface area contributed by atoms with E-state index in [2.05, 4.69) is 39.9 Å². The zero-order valence-electron chi connectivity index (χ0n) is 3.80. The Bertz CT molecular complexity index is 22.4. The first-order valence-corrected chi connectivity index (χ1v) is 7.18. The minimum atomic E-state index is -0.801. The molecule has 0 bridgehead atoms. The molecule has 36 valence electrons. The number of hydrogen-bond donors (Lipinski definition) is 0. The van der Waals surface area contributed by atoms with Gasteiger partial charge in [0.2, 0.25) is 0 Å². The van der Waals surface area contributed by atoms with Crippen molar-refractivity contribution in [3.63, 3.8) is 0 Å². The van der Waals surface area contributed by atoms with Crippen LogP contribution in [0.4, 0.5) is 0 Å².